The molecule has 0 aliphatic heterocycles. The normalized spacial score (nSPS) is 10.0. The van der Waals surface area contributed by atoms with Crippen LogP contribution >= 0.6 is 0 Å². The summed E-state index contributed by atoms with van der Waals surface area (Å²) in [6.07, 6.45) is 2.15. The average Bonchev–Trinajstić information content (AvgIpc) is 2.16. The Hall–Kier alpha value is -1.49. The van der Waals surface area contributed by atoms with E-state index >= 15 is 0 Å². The van der Waals surface area contributed by atoms with Gasteiger partial charge in [-0.2, -0.15) is 5.26 Å². The number of benzene rings is 1. The summed E-state index contributed by atoms with van der Waals surface area (Å²) < 4.78 is 0. The maximum atomic E-state index is 8.89. The topological polar surface area (TPSA) is 27.0 Å². The molecule has 0 unspecified atom stereocenters. The fraction of sp³-hybridized carbons (Fsp3) is 0.417. The summed E-state index contributed by atoms with van der Waals surface area (Å²) in [5.74, 6) is 0.445. The van der Waals surface area contributed by atoms with Gasteiger partial charge in [-0.05, 0) is 24.0 Å². The largest absolute Gasteiger partial charge is 0.282 e. The number of para-hydroxylation sites is 1. The van der Waals surface area contributed by atoms with Crippen LogP contribution in [0.2, 0.25) is 0 Å². The molecule has 0 N–H and O–H groups in total. The zero-order valence-corrected chi connectivity index (χ0v) is 9.20. The molecule has 0 amide bonds. The summed E-state index contributed by atoms with van der Waals surface area (Å²) in [4.78, 5) is 1.63. The van der Waals surface area contributed by atoms with Crippen LogP contribution in [-0.2, 0) is 0 Å². The highest BCUT2D eigenvalue weighted by atomic mass is 15.1. The Bertz CT molecular complexity index is 361. The third-order valence-electron chi connectivity index (χ3n) is 2.38. The van der Waals surface area contributed by atoms with Crippen molar-refractivity contribution in [3.63, 3.8) is 0 Å². The van der Waals surface area contributed by atoms with Crippen LogP contribution in [0.4, 0.5) is 5.69 Å². The minimum absolute atomic E-state index is 0.445. The zero-order chi connectivity index (χ0) is 10.7. The molecular weight excluding hydrogens is 172 g/mol. The summed E-state index contributed by atoms with van der Waals surface area (Å²) in [5, 5.41) is 8.89. The summed E-state index contributed by atoms with van der Waals surface area (Å²) in [6.45, 7) is 6.32. The predicted molar refractivity (Wildman–Crippen MR) is 59.3 cm³/mol. The lowest BCUT2D eigenvalue weighted by atomic mass is 9.98. The summed E-state index contributed by atoms with van der Waals surface area (Å²) >= 11 is 0. The predicted octanol–water partition coefficient (Wildman–Crippen LogP) is 3.04. The van der Waals surface area contributed by atoms with Gasteiger partial charge in [0.2, 0.25) is 0 Å². The van der Waals surface area contributed by atoms with Crippen molar-refractivity contribution in [3.05, 3.63) is 29.3 Å². The lowest BCUT2D eigenvalue weighted by Crippen LogP contribution is -2.12. The Morgan fingerprint density at radius 3 is 2.50 bits per heavy atom. The second-order valence-corrected chi connectivity index (χ2v) is 3.83. The van der Waals surface area contributed by atoms with Crippen molar-refractivity contribution in [1.82, 2.24) is 0 Å². The number of hydrogen-bond donors (Lipinski definition) is 0. The number of hydrogen-bond acceptors (Lipinski definition) is 2. The van der Waals surface area contributed by atoms with Gasteiger partial charge in [0.05, 0.1) is 5.69 Å². The van der Waals surface area contributed by atoms with E-state index < -0.39 is 0 Å². The van der Waals surface area contributed by atoms with E-state index in [-0.39, 0.29) is 0 Å². The van der Waals surface area contributed by atoms with Crippen molar-refractivity contribution in [2.75, 3.05) is 11.9 Å². The summed E-state index contributed by atoms with van der Waals surface area (Å²) in [5.41, 5.74) is 3.43. The van der Waals surface area contributed by atoms with Crippen molar-refractivity contribution in [2.45, 2.75) is 26.7 Å². The number of nitriles is 1. The van der Waals surface area contributed by atoms with E-state index in [4.69, 9.17) is 5.26 Å². The molecule has 2 heteroatoms. The lowest BCUT2D eigenvalue weighted by Gasteiger charge is -2.19. The van der Waals surface area contributed by atoms with Gasteiger partial charge >= 0.3 is 0 Å². The number of anilines is 1. The van der Waals surface area contributed by atoms with Crippen molar-refractivity contribution >= 4 is 5.69 Å². The van der Waals surface area contributed by atoms with Crippen LogP contribution in [0.1, 0.15) is 30.9 Å². The molecule has 1 rings (SSSR count). The summed E-state index contributed by atoms with van der Waals surface area (Å²) in [7, 11) is 1.80. The third-order valence-corrected chi connectivity index (χ3v) is 2.38. The van der Waals surface area contributed by atoms with E-state index in [0.717, 1.165) is 11.3 Å². The molecule has 0 fully saturated rings. The summed E-state index contributed by atoms with van der Waals surface area (Å²) in [6, 6.07) is 6.16. The molecule has 0 bridgehead atoms. The number of aryl methyl sites for hydroxylation is 1. The Labute approximate surface area is 85.8 Å². The lowest BCUT2D eigenvalue weighted by molar-refractivity contribution is 0.860. The standard InChI is InChI=1S/C12H16N2/c1-9(2)11-7-5-6-10(3)12(11)14(4)8-13/h5-7,9H,1-4H3. The Kier molecular flexibility index (Phi) is 3.14. The Balaban J connectivity index is 3.31. The Morgan fingerprint density at radius 2 is 2.00 bits per heavy atom. The fourth-order valence-electron chi connectivity index (χ4n) is 1.66. The average molecular weight is 188 g/mol. The molecule has 0 saturated carbocycles. The molecule has 0 aromatic heterocycles. The molecule has 0 aliphatic carbocycles. The highest BCUT2D eigenvalue weighted by molar-refractivity contribution is 5.62. The van der Waals surface area contributed by atoms with E-state index in [1.165, 1.54) is 5.56 Å². The van der Waals surface area contributed by atoms with Crippen molar-refractivity contribution in [1.29, 1.82) is 5.26 Å². The smallest absolute Gasteiger partial charge is 0.184 e. The highest BCUT2D eigenvalue weighted by Gasteiger charge is 2.11. The number of nitrogens with zero attached hydrogens (tertiary/aromatic N) is 2. The fourth-order valence-corrected chi connectivity index (χ4v) is 1.66. The van der Waals surface area contributed by atoms with Crippen LogP contribution in [0, 0.1) is 18.4 Å². The van der Waals surface area contributed by atoms with Gasteiger partial charge in [-0.3, -0.25) is 4.90 Å². The second-order valence-electron chi connectivity index (χ2n) is 3.83. The van der Waals surface area contributed by atoms with Crippen molar-refractivity contribution < 1.29 is 0 Å². The maximum Gasteiger partial charge on any atom is 0.184 e. The molecule has 14 heavy (non-hydrogen) atoms. The van der Waals surface area contributed by atoms with Gasteiger partial charge in [-0.15, -0.1) is 0 Å². The van der Waals surface area contributed by atoms with Crippen LogP contribution in [0.5, 0.6) is 0 Å². The maximum absolute atomic E-state index is 8.89. The highest BCUT2D eigenvalue weighted by Crippen LogP contribution is 2.29. The molecule has 1 aromatic rings. The molecule has 74 valence electrons. The van der Waals surface area contributed by atoms with E-state index in [0.29, 0.717) is 5.92 Å². The van der Waals surface area contributed by atoms with Crippen LogP contribution in [-0.4, -0.2) is 7.05 Å². The monoisotopic (exact) mass is 188 g/mol. The Morgan fingerprint density at radius 1 is 1.36 bits per heavy atom. The van der Waals surface area contributed by atoms with Gasteiger partial charge in [-0.1, -0.05) is 32.0 Å². The molecule has 0 heterocycles. The minimum Gasteiger partial charge on any atom is -0.282 e. The van der Waals surface area contributed by atoms with Gasteiger partial charge in [0.15, 0.2) is 6.19 Å². The minimum atomic E-state index is 0.445. The van der Waals surface area contributed by atoms with Crippen LogP contribution < -0.4 is 4.90 Å². The molecule has 0 spiro atoms. The van der Waals surface area contributed by atoms with Crippen LogP contribution in [0.25, 0.3) is 0 Å². The van der Waals surface area contributed by atoms with Gasteiger partial charge in [0.1, 0.15) is 0 Å². The van der Waals surface area contributed by atoms with Gasteiger partial charge in [0.25, 0.3) is 0 Å². The first-order chi connectivity index (χ1) is 6.57. The van der Waals surface area contributed by atoms with Crippen LogP contribution in [0.3, 0.4) is 0 Å². The molecule has 0 radical (unpaired) electrons. The van der Waals surface area contributed by atoms with E-state index in [1.807, 2.05) is 19.1 Å². The van der Waals surface area contributed by atoms with Crippen LogP contribution in [0.15, 0.2) is 18.2 Å². The third kappa shape index (κ3) is 1.88. The second kappa shape index (κ2) is 4.15. The van der Waals surface area contributed by atoms with Gasteiger partial charge in [-0.25, -0.2) is 0 Å². The first-order valence-corrected chi connectivity index (χ1v) is 4.81. The van der Waals surface area contributed by atoms with Crippen molar-refractivity contribution in [2.24, 2.45) is 0 Å². The molecule has 2 nitrogen and oxygen atoms in total. The number of rotatable bonds is 2. The molecular formula is C12H16N2. The van der Waals surface area contributed by atoms with E-state index in [9.17, 15) is 0 Å². The molecule has 0 saturated heterocycles. The first kappa shape index (κ1) is 10.6. The first-order valence-electron chi connectivity index (χ1n) is 4.81. The van der Waals surface area contributed by atoms with E-state index in [1.54, 1.807) is 11.9 Å². The zero-order valence-electron chi connectivity index (χ0n) is 9.20. The van der Waals surface area contributed by atoms with Gasteiger partial charge in [0, 0.05) is 7.05 Å². The quantitative estimate of drug-likeness (QED) is 0.527. The van der Waals surface area contributed by atoms with Gasteiger partial charge < -0.3 is 0 Å². The molecule has 0 atom stereocenters. The SMILES string of the molecule is Cc1cccc(C(C)C)c1N(C)C#N. The molecule has 0 aliphatic rings. The molecule has 1 aromatic carbocycles. The van der Waals surface area contributed by atoms with E-state index in [2.05, 4.69) is 26.1 Å². The van der Waals surface area contributed by atoms with Crippen molar-refractivity contribution in [3.8, 4) is 6.19 Å².